The molecule has 0 saturated heterocycles. The van der Waals surface area contributed by atoms with Gasteiger partial charge in [-0.05, 0) is 84.7 Å². The van der Waals surface area contributed by atoms with E-state index in [1.807, 2.05) is 36.5 Å². The molecule has 120 valence electrons. The van der Waals surface area contributed by atoms with Gasteiger partial charge in [0.15, 0.2) is 0 Å². The fourth-order valence-corrected chi connectivity index (χ4v) is 4.49. The minimum absolute atomic E-state index is 0.138. The molecule has 1 aliphatic carbocycles. The van der Waals surface area contributed by atoms with E-state index >= 15 is 0 Å². The number of halogens is 1. The third kappa shape index (κ3) is 3.18. The molecule has 1 aromatic heterocycles. The van der Waals surface area contributed by atoms with Crippen LogP contribution in [0, 0.1) is 31.5 Å². The first-order chi connectivity index (χ1) is 11.0. The van der Waals surface area contributed by atoms with E-state index in [0.29, 0.717) is 17.4 Å². The quantitative estimate of drug-likeness (QED) is 0.533. The Morgan fingerprint density at radius 2 is 2.04 bits per heavy atom. The Labute approximate surface area is 142 Å². The summed E-state index contributed by atoms with van der Waals surface area (Å²) >= 11 is 1.82. The first-order valence-electron chi connectivity index (χ1n) is 8.16. The van der Waals surface area contributed by atoms with Crippen molar-refractivity contribution in [1.82, 2.24) is 0 Å². The van der Waals surface area contributed by atoms with Gasteiger partial charge in [-0.3, -0.25) is 0 Å². The molecule has 1 aliphatic rings. The Bertz CT molecular complexity index is 753. The molecule has 1 fully saturated rings. The van der Waals surface area contributed by atoms with Gasteiger partial charge in [0.2, 0.25) is 0 Å². The zero-order chi connectivity index (χ0) is 16.6. The predicted octanol–water partition coefficient (Wildman–Crippen LogP) is 6.48. The normalized spacial score (nSPS) is 19.9. The fourth-order valence-electron chi connectivity index (χ4n) is 3.36. The second-order valence-corrected chi connectivity index (χ2v) is 7.48. The largest absolute Gasteiger partial charge is 0.207 e. The molecule has 3 rings (SSSR count). The predicted molar refractivity (Wildman–Crippen MR) is 98.4 cm³/mol. The topological polar surface area (TPSA) is 0 Å². The first kappa shape index (κ1) is 16.2. The van der Waals surface area contributed by atoms with Crippen molar-refractivity contribution in [3.8, 4) is 11.1 Å². The minimum Gasteiger partial charge on any atom is -0.207 e. The van der Waals surface area contributed by atoms with E-state index in [2.05, 4.69) is 25.5 Å². The number of thiophene rings is 1. The zero-order valence-corrected chi connectivity index (χ0v) is 14.7. The minimum atomic E-state index is -0.138. The van der Waals surface area contributed by atoms with Crippen molar-refractivity contribution in [3.63, 3.8) is 0 Å². The molecule has 0 nitrogen and oxygen atoms in total. The molecule has 2 heteroatoms. The Hall–Kier alpha value is -1.67. The van der Waals surface area contributed by atoms with Crippen molar-refractivity contribution in [2.45, 2.75) is 33.1 Å². The lowest BCUT2D eigenvalue weighted by molar-refractivity contribution is 0.619. The lowest BCUT2D eigenvalue weighted by atomic mass is 10.00. The van der Waals surface area contributed by atoms with Gasteiger partial charge in [-0.25, -0.2) is 4.39 Å². The lowest BCUT2D eigenvalue weighted by Crippen LogP contribution is -1.91. The summed E-state index contributed by atoms with van der Waals surface area (Å²) in [5, 5.41) is 2.21. The van der Waals surface area contributed by atoms with E-state index < -0.39 is 0 Å². The zero-order valence-electron chi connectivity index (χ0n) is 13.9. The maximum Gasteiger partial charge on any atom is 0.126 e. The molecule has 0 amide bonds. The number of aryl methyl sites for hydroxylation is 1. The van der Waals surface area contributed by atoms with E-state index in [4.69, 9.17) is 0 Å². The van der Waals surface area contributed by atoms with Gasteiger partial charge >= 0.3 is 0 Å². The SMILES string of the molecule is C=CCCC1C(=C)C1Cc1scc(-c2ccc(F)c(C)c2)c1C. The summed E-state index contributed by atoms with van der Waals surface area (Å²) < 4.78 is 13.5. The van der Waals surface area contributed by atoms with Crippen LogP contribution in [0.4, 0.5) is 4.39 Å². The molecule has 1 heterocycles. The molecule has 2 aromatic rings. The second-order valence-electron chi connectivity index (χ2n) is 6.52. The van der Waals surface area contributed by atoms with Gasteiger partial charge in [-0.15, -0.1) is 17.9 Å². The maximum atomic E-state index is 13.5. The van der Waals surface area contributed by atoms with Gasteiger partial charge in [-0.2, -0.15) is 0 Å². The van der Waals surface area contributed by atoms with Crippen molar-refractivity contribution in [2.75, 3.05) is 0 Å². The molecular weight excluding hydrogens is 303 g/mol. The molecule has 0 bridgehead atoms. The van der Waals surface area contributed by atoms with Crippen LogP contribution >= 0.6 is 11.3 Å². The second kappa shape index (κ2) is 6.45. The highest BCUT2D eigenvalue weighted by molar-refractivity contribution is 7.10. The molecule has 1 aromatic carbocycles. The summed E-state index contributed by atoms with van der Waals surface area (Å²) in [7, 11) is 0. The number of rotatable bonds is 6. The van der Waals surface area contributed by atoms with Crippen LogP contribution in [-0.4, -0.2) is 0 Å². The smallest absolute Gasteiger partial charge is 0.126 e. The molecule has 0 aliphatic heterocycles. The Morgan fingerprint density at radius 1 is 1.26 bits per heavy atom. The molecule has 0 N–H and O–H groups in total. The van der Waals surface area contributed by atoms with E-state index in [1.54, 1.807) is 6.07 Å². The Balaban J connectivity index is 1.76. The summed E-state index contributed by atoms with van der Waals surface area (Å²) in [4.78, 5) is 1.44. The highest BCUT2D eigenvalue weighted by Gasteiger charge is 2.41. The van der Waals surface area contributed by atoms with Crippen molar-refractivity contribution < 1.29 is 4.39 Å². The van der Waals surface area contributed by atoms with Crippen LogP contribution < -0.4 is 0 Å². The Kier molecular flexibility index (Phi) is 4.54. The van der Waals surface area contributed by atoms with Crippen LogP contribution in [0.3, 0.4) is 0 Å². The fraction of sp³-hybridized carbons (Fsp3) is 0.333. The van der Waals surface area contributed by atoms with E-state index in [9.17, 15) is 4.39 Å². The molecule has 23 heavy (non-hydrogen) atoms. The van der Waals surface area contributed by atoms with Gasteiger partial charge in [0.05, 0.1) is 0 Å². The third-order valence-corrected chi connectivity index (χ3v) is 6.14. The molecule has 0 spiro atoms. The molecule has 2 atom stereocenters. The van der Waals surface area contributed by atoms with Crippen LogP contribution in [0.5, 0.6) is 0 Å². The maximum absolute atomic E-state index is 13.5. The van der Waals surface area contributed by atoms with E-state index in [0.717, 1.165) is 18.4 Å². The summed E-state index contributed by atoms with van der Waals surface area (Å²) in [6.07, 6.45) is 5.34. The monoisotopic (exact) mass is 326 g/mol. The highest BCUT2D eigenvalue weighted by Crippen LogP contribution is 2.50. The van der Waals surface area contributed by atoms with Crippen molar-refractivity contribution in [2.24, 2.45) is 11.8 Å². The van der Waals surface area contributed by atoms with Crippen molar-refractivity contribution >= 4 is 11.3 Å². The van der Waals surface area contributed by atoms with Crippen LogP contribution in [0.1, 0.15) is 28.8 Å². The van der Waals surface area contributed by atoms with Crippen LogP contribution in [0.2, 0.25) is 0 Å². The van der Waals surface area contributed by atoms with Gasteiger partial charge < -0.3 is 0 Å². The van der Waals surface area contributed by atoms with Gasteiger partial charge in [0, 0.05) is 4.88 Å². The van der Waals surface area contributed by atoms with Crippen LogP contribution in [0.15, 0.2) is 48.4 Å². The van der Waals surface area contributed by atoms with Crippen molar-refractivity contribution in [3.05, 3.63) is 70.2 Å². The van der Waals surface area contributed by atoms with Crippen molar-refractivity contribution in [1.29, 1.82) is 0 Å². The van der Waals surface area contributed by atoms with Gasteiger partial charge in [0.25, 0.3) is 0 Å². The average molecular weight is 326 g/mol. The van der Waals surface area contributed by atoms with Crippen LogP contribution in [0.25, 0.3) is 11.1 Å². The van der Waals surface area contributed by atoms with Gasteiger partial charge in [-0.1, -0.05) is 24.3 Å². The number of hydrogen-bond donors (Lipinski definition) is 0. The van der Waals surface area contributed by atoms with E-state index in [1.165, 1.54) is 28.0 Å². The lowest BCUT2D eigenvalue weighted by Gasteiger charge is -2.05. The number of hydrogen-bond acceptors (Lipinski definition) is 1. The Morgan fingerprint density at radius 3 is 2.74 bits per heavy atom. The summed E-state index contributed by atoms with van der Waals surface area (Å²) in [5.74, 6) is 1.17. The standard InChI is InChI=1S/C21H23FS/c1-5-6-7-17-14(3)18(17)11-21-15(4)19(12-23-21)16-8-9-20(22)13(2)10-16/h5,8-10,12,17-18H,1,3,6-7,11H2,2,4H3. The number of allylic oxidation sites excluding steroid dienone is 2. The number of benzene rings is 1. The highest BCUT2D eigenvalue weighted by atomic mass is 32.1. The molecule has 0 radical (unpaired) electrons. The molecule has 1 saturated carbocycles. The molecule has 2 unspecified atom stereocenters. The first-order valence-corrected chi connectivity index (χ1v) is 9.04. The van der Waals surface area contributed by atoms with E-state index in [-0.39, 0.29) is 5.82 Å². The summed E-state index contributed by atoms with van der Waals surface area (Å²) in [6.45, 7) is 12.0. The third-order valence-electron chi connectivity index (χ3n) is 5.03. The summed E-state index contributed by atoms with van der Waals surface area (Å²) in [6, 6.07) is 5.39. The van der Waals surface area contributed by atoms with Crippen LogP contribution in [-0.2, 0) is 6.42 Å². The summed E-state index contributed by atoms with van der Waals surface area (Å²) in [5.41, 5.74) is 5.79. The average Bonchev–Trinajstić information content (AvgIpc) is 2.97. The molecular formula is C21H23FS. The van der Waals surface area contributed by atoms with Gasteiger partial charge in [0.1, 0.15) is 5.82 Å².